The third-order valence-electron chi connectivity index (χ3n) is 4.54. The number of pyridine rings is 1. The lowest BCUT2D eigenvalue weighted by molar-refractivity contribution is 0.0431. The number of likely N-dealkylation sites (tertiary alicyclic amines) is 1. The van der Waals surface area contributed by atoms with Gasteiger partial charge in [-0.2, -0.15) is 0 Å². The van der Waals surface area contributed by atoms with Crippen molar-refractivity contribution >= 4 is 0 Å². The molecular formula is C17H27N3O. The van der Waals surface area contributed by atoms with Gasteiger partial charge in [-0.1, -0.05) is 12.5 Å². The molecule has 1 unspecified atom stereocenters. The fraction of sp³-hybridized carbons (Fsp3) is 0.706. The van der Waals surface area contributed by atoms with E-state index in [0.717, 1.165) is 24.9 Å². The van der Waals surface area contributed by atoms with Gasteiger partial charge in [0, 0.05) is 24.8 Å². The number of hydrogen-bond donors (Lipinski definition) is 1. The average molecular weight is 289 g/mol. The average Bonchev–Trinajstić information content (AvgIpc) is 3.33. The van der Waals surface area contributed by atoms with Crippen LogP contribution in [0.2, 0.25) is 0 Å². The van der Waals surface area contributed by atoms with Crippen molar-refractivity contribution in [2.45, 2.75) is 57.3 Å². The molecule has 0 radical (unpaired) electrons. The van der Waals surface area contributed by atoms with Crippen LogP contribution in [0.3, 0.4) is 0 Å². The summed E-state index contributed by atoms with van der Waals surface area (Å²) in [6, 6.07) is 5.59. The van der Waals surface area contributed by atoms with Gasteiger partial charge in [0.15, 0.2) is 0 Å². The Morgan fingerprint density at radius 1 is 1.29 bits per heavy atom. The van der Waals surface area contributed by atoms with Gasteiger partial charge < -0.3 is 15.0 Å². The monoisotopic (exact) mass is 289 g/mol. The molecule has 1 atom stereocenters. The van der Waals surface area contributed by atoms with Crippen LogP contribution in [0.5, 0.6) is 0 Å². The predicted octanol–water partition coefficient (Wildman–Crippen LogP) is 2.33. The second-order valence-electron chi connectivity index (χ2n) is 6.46. The zero-order valence-electron chi connectivity index (χ0n) is 13.1. The SMILES string of the molecule is CN1CCCCC1COCc1ccc(CNC2CC2)cn1. The van der Waals surface area contributed by atoms with E-state index < -0.39 is 0 Å². The smallest absolute Gasteiger partial charge is 0.0888 e. The van der Waals surface area contributed by atoms with Gasteiger partial charge in [0.25, 0.3) is 0 Å². The topological polar surface area (TPSA) is 37.4 Å². The number of aromatic nitrogens is 1. The minimum Gasteiger partial charge on any atom is -0.374 e. The standard InChI is InChI=1S/C17H27N3O/c1-20-9-3-2-4-17(20)13-21-12-16-6-5-14(11-19-16)10-18-15-7-8-15/h5-6,11,15,17-18H,2-4,7-10,12-13H2,1H3. The predicted molar refractivity (Wildman–Crippen MR) is 84.0 cm³/mol. The van der Waals surface area contributed by atoms with Gasteiger partial charge in [-0.15, -0.1) is 0 Å². The molecule has 116 valence electrons. The second-order valence-corrected chi connectivity index (χ2v) is 6.46. The van der Waals surface area contributed by atoms with Gasteiger partial charge >= 0.3 is 0 Å². The van der Waals surface area contributed by atoms with E-state index in [1.54, 1.807) is 0 Å². The summed E-state index contributed by atoms with van der Waals surface area (Å²) in [5.74, 6) is 0. The summed E-state index contributed by atoms with van der Waals surface area (Å²) in [7, 11) is 2.20. The van der Waals surface area contributed by atoms with E-state index in [9.17, 15) is 0 Å². The molecule has 1 N–H and O–H groups in total. The van der Waals surface area contributed by atoms with E-state index in [1.807, 2.05) is 6.20 Å². The van der Waals surface area contributed by atoms with E-state index in [1.165, 1.54) is 44.2 Å². The van der Waals surface area contributed by atoms with Crippen LogP contribution in [0.4, 0.5) is 0 Å². The van der Waals surface area contributed by atoms with Gasteiger partial charge in [-0.05, 0) is 50.9 Å². The van der Waals surface area contributed by atoms with Gasteiger partial charge in [0.2, 0.25) is 0 Å². The van der Waals surface area contributed by atoms with Crippen LogP contribution >= 0.6 is 0 Å². The highest BCUT2D eigenvalue weighted by molar-refractivity contribution is 5.13. The number of hydrogen-bond acceptors (Lipinski definition) is 4. The first-order chi connectivity index (χ1) is 10.3. The quantitative estimate of drug-likeness (QED) is 0.836. The zero-order chi connectivity index (χ0) is 14.5. The van der Waals surface area contributed by atoms with Crippen molar-refractivity contribution in [3.05, 3.63) is 29.6 Å². The molecule has 21 heavy (non-hydrogen) atoms. The first kappa shape index (κ1) is 14.9. The molecule has 0 spiro atoms. The van der Waals surface area contributed by atoms with Crippen molar-refractivity contribution in [3.63, 3.8) is 0 Å². The lowest BCUT2D eigenvalue weighted by Gasteiger charge is -2.32. The molecule has 1 saturated carbocycles. The number of rotatable bonds is 7. The number of nitrogens with zero attached hydrogens (tertiary/aromatic N) is 2. The maximum Gasteiger partial charge on any atom is 0.0888 e. The minimum absolute atomic E-state index is 0.584. The maximum atomic E-state index is 5.86. The number of piperidine rings is 1. The molecule has 1 aliphatic carbocycles. The highest BCUT2D eigenvalue weighted by Crippen LogP contribution is 2.19. The number of nitrogens with one attached hydrogen (secondary N) is 1. The van der Waals surface area contributed by atoms with Crippen molar-refractivity contribution in [2.24, 2.45) is 0 Å². The summed E-state index contributed by atoms with van der Waals surface area (Å²) in [5, 5.41) is 3.51. The van der Waals surface area contributed by atoms with Crippen molar-refractivity contribution in [3.8, 4) is 0 Å². The highest BCUT2D eigenvalue weighted by Gasteiger charge is 2.20. The molecule has 1 aromatic rings. The van der Waals surface area contributed by atoms with Crippen LogP contribution < -0.4 is 5.32 Å². The van der Waals surface area contributed by atoms with Crippen LogP contribution in [-0.4, -0.2) is 42.2 Å². The molecule has 0 bridgehead atoms. The second kappa shape index (κ2) is 7.34. The van der Waals surface area contributed by atoms with Gasteiger partial charge in [-0.25, -0.2) is 0 Å². The summed E-state index contributed by atoms with van der Waals surface area (Å²) in [6.07, 6.45) is 8.55. The molecule has 1 aromatic heterocycles. The van der Waals surface area contributed by atoms with E-state index in [0.29, 0.717) is 12.6 Å². The molecule has 0 amide bonds. The van der Waals surface area contributed by atoms with E-state index in [4.69, 9.17) is 4.74 Å². The van der Waals surface area contributed by atoms with Crippen LogP contribution in [0.25, 0.3) is 0 Å². The Kier molecular flexibility index (Phi) is 5.22. The summed E-state index contributed by atoms with van der Waals surface area (Å²) < 4.78 is 5.86. The molecule has 4 heteroatoms. The molecule has 3 rings (SSSR count). The molecule has 2 aliphatic rings. The number of ether oxygens (including phenoxy) is 1. The molecule has 1 aliphatic heterocycles. The third kappa shape index (κ3) is 4.77. The van der Waals surface area contributed by atoms with Crippen molar-refractivity contribution in [1.29, 1.82) is 0 Å². The van der Waals surface area contributed by atoms with E-state index in [2.05, 4.69) is 34.4 Å². The van der Waals surface area contributed by atoms with Crippen molar-refractivity contribution in [1.82, 2.24) is 15.2 Å². The molecule has 2 fully saturated rings. The molecule has 4 nitrogen and oxygen atoms in total. The Bertz CT molecular complexity index is 430. The Balaban J connectivity index is 1.38. The lowest BCUT2D eigenvalue weighted by Crippen LogP contribution is -2.39. The Labute approximate surface area is 127 Å². The Morgan fingerprint density at radius 2 is 2.19 bits per heavy atom. The van der Waals surface area contributed by atoms with Gasteiger partial charge in [-0.3, -0.25) is 4.98 Å². The summed E-state index contributed by atoms with van der Waals surface area (Å²) in [5.41, 5.74) is 2.29. The first-order valence-electron chi connectivity index (χ1n) is 8.26. The van der Waals surface area contributed by atoms with Crippen LogP contribution in [0.1, 0.15) is 43.4 Å². The van der Waals surface area contributed by atoms with E-state index >= 15 is 0 Å². The van der Waals surface area contributed by atoms with E-state index in [-0.39, 0.29) is 0 Å². The Morgan fingerprint density at radius 3 is 2.90 bits per heavy atom. The molecule has 2 heterocycles. The van der Waals surface area contributed by atoms with Gasteiger partial charge in [0.1, 0.15) is 0 Å². The Hall–Kier alpha value is -0.970. The summed E-state index contributed by atoms with van der Waals surface area (Å²) in [4.78, 5) is 6.92. The first-order valence-corrected chi connectivity index (χ1v) is 8.26. The van der Waals surface area contributed by atoms with Gasteiger partial charge in [0.05, 0.1) is 18.9 Å². The fourth-order valence-corrected chi connectivity index (χ4v) is 2.85. The highest BCUT2D eigenvalue weighted by atomic mass is 16.5. The molecule has 0 aromatic carbocycles. The zero-order valence-corrected chi connectivity index (χ0v) is 13.1. The van der Waals surface area contributed by atoms with Crippen LogP contribution in [-0.2, 0) is 17.9 Å². The normalized spacial score (nSPS) is 23.4. The third-order valence-corrected chi connectivity index (χ3v) is 4.54. The van der Waals surface area contributed by atoms with Crippen molar-refractivity contribution < 1.29 is 4.74 Å². The lowest BCUT2D eigenvalue weighted by atomic mass is 10.0. The fourth-order valence-electron chi connectivity index (χ4n) is 2.85. The maximum absolute atomic E-state index is 5.86. The number of likely N-dealkylation sites (N-methyl/N-ethyl adjacent to an activating group) is 1. The summed E-state index contributed by atoms with van der Waals surface area (Å²) >= 11 is 0. The van der Waals surface area contributed by atoms with Crippen LogP contribution in [0, 0.1) is 0 Å². The van der Waals surface area contributed by atoms with Crippen molar-refractivity contribution in [2.75, 3.05) is 20.2 Å². The largest absolute Gasteiger partial charge is 0.374 e. The molecule has 1 saturated heterocycles. The summed E-state index contributed by atoms with van der Waals surface area (Å²) in [6.45, 7) is 3.59. The minimum atomic E-state index is 0.584. The molecular weight excluding hydrogens is 262 g/mol. The van der Waals surface area contributed by atoms with Crippen LogP contribution in [0.15, 0.2) is 18.3 Å².